The van der Waals surface area contributed by atoms with E-state index in [2.05, 4.69) is 5.32 Å². The average Bonchev–Trinajstić information content (AvgIpc) is 2.81. The van der Waals surface area contributed by atoms with Gasteiger partial charge >= 0.3 is 0 Å². The predicted molar refractivity (Wildman–Crippen MR) is 92.1 cm³/mol. The molecule has 0 saturated heterocycles. The molecule has 1 N–H and O–H groups in total. The largest absolute Gasteiger partial charge is 0.347 e. The lowest BCUT2D eigenvalue weighted by Gasteiger charge is -2.05. The second-order valence-electron chi connectivity index (χ2n) is 5.33. The molecule has 0 aliphatic rings. The maximum absolute atomic E-state index is 12.6. The molecular weight excluding hydrogens is 312 g/mol. The lowest BCUT2D eigenvalue weighted by atomic mass is 10.1. The number of anilines is 1. The van der Waals surface area contributed by atoms with Crippen LogP contribution in [0.3, 0.4) is 0 Å². The number of fused-ring (bicyclic) bond motifs is 1. The van der Waals surface area contributed by atoms with Crippen LogP contribution in [-0.2, 0) is 11.8 Å². The van der Waals surface area contributed by atoms with Gasteiger partial charge < -0.3 is 9.88 Å². The van der Waals surface area contributed by atoms with Gasteiger partial charge in [-0.25, -0.2) is 0 Å². The molecule has 23 heavy (non-hydrogen) atoms. The summed E-state index contributed by atoms with van der Waals surface area (Å²) >= 11 is 5.81. The fourth-order valence-corrected chi connectivity index (χ4v) is 2.77. The molecule has 5 heteroatoms. The molecule has 0 spiro atoms. The van der Waals surface area contributed by atoms with Gasteiger partial charge in [0.2, 0.25) is 0 Å². The molecule has 0 aliphatic heterocycles. The third-order valence-electron chi connectivity index (χ3n) is 3.94. The van der Waals surface area contributed by atoms with Crippen LogP contribution in [0.2, 0.25) is 5.02 Å². The van der Waals surface area contributed by atoms with Crippen molar-refractivity contribution in [2.24, 2.45) is 7.05 Å². The fraction of sp³-hybridized carbons (Fsp3) is 0.111. The highest BCUT2D eigenvalue weighted by molar-refractivity contribution is 6.48. The number of aryl methyl sites for hydroxylation is 1. The van der Waals surface area contributed by atoms with Crippen molar-refractivity contribution >= 4 is 39.9 Å². The Bertz CT molecular complexity index is 911. The van der Waals surface area contributed by atoms with E-state index >= 15 is 0 Å². The number of amides is 1. The number of carbonyl (C=O) groups excluding carboxylic acids is 2. The molecule has 1 heterocycles. The maximum Gasteiger partial charge on any atom is 0.296 e. The molecular formula is C18H15ClN2O2. The number of halogens is 1. The quantitative estimate of drug-likeness (QED) is 0.585. The van der Waals surface area contributed by atoms with Gasteiger partial charge in [0, 0.05) is 34.4 Å². The zero-order valence-electron chi connectivity index (χ0n) is 12.8. The molecule has 2 aromatic carbocycles. The molecule has 1 aromatic heterocycles. The molecule has 0 fully saturated rings. The Morgan fingerprint density at radius 3 is 2.39 bits per heavy atom. The van der Waals surface area contributed by atoms with Crippen LogP contribution in [0.1, 0.15) is 16.1 Å². The fourth-order valence-electron chi connectivity index (χ4n) is 2.64. The summed E-state index contributed by atoms with van der Waals surface area (Å²) in [7, 11) is 1.88. The van der Waals surface area contributed by atoms with Gasteiger partial charge in [-0.1, -0.05) is 29.8 Å². The standard InChI is InChI=1S/C18H15ClN2O2/c1-11-16(14-5-3-4-6-15(14)21(11)2)17(22)18(23)20-13-9-7-12(19)8-10-13/h3-10H,1-2H3,(H,20,23). The number of rotatable bonds is 3. The van der Waals surface area contributed by atoms with E-state index < -0.39 is 11.7 Å². The van der Waals surface area contributed by atoms with Gasteiger partial charge in [-0.3, -0.25) is 9.59 Å². The van der Waals surface area contributed by atoms with E-state index in [1.807, 2.05) is 42.8 Å². The second kappa shape index (κ2) is 5.89. The van der Waals surface area contributed by atoms with Crippen LogP contribution in [0.15, 0.2) is 48.5 Å². The number of nitrogens with one attached hydrogen (secondary N) is 1. The van der Waals surface area contributed by atoms with E-state index in [0.29, 0.717) is 16.3 Å². The van der Waals surface area contributed by atoms with Crippen LogP contribution in [0.25, 0.3) is 10.9 Å². The number of Topliss-reactive ketones (excluding diaryl/α,β-unsaturated/α-hetero) is 1. The molecule has 1 amide bonds. The van der Waals surface area contributed by atoms with Gasteiger partial charge in [-0.05, 0) is 37.3 Å². The number of aromatic nitrogens is 1. The average molecular weight is 327 g/mol. The number of carbonyl (C=O) groups is 2. The zero-order chi connectivity index (χ0) is 16.6. The Morgan fingerprint density at radius 1 is 1.04 bits per heavy atom. The molecule has 0 aliphatic carbocycles. The third kappa shape index (κ3) is 2.73. The SMILES string of the molecule is Cc1c(C(=O)C(=O)Nc2ccc(Cl)cc2)c2ccccc2n1C. The van der Waals surface area contributed by atoms with Crippen molar-refractivity contribution in [2.45, 2.75) is 6.92 Å². The van der Waals surface area contributed by atoms with Crippen molar-refractivity contribution in [2.75, 3.05) is 5.32 Å². The summed E-state index contributed by atoms with van der Waals surface area (Å²) in [6.07, 6.45) is 0. The number of ketones is 1. The first-order valence-electron chi connectivity index (χ1n) is 7.14. The van der Waals surface area contributed by atoms with Crippen LogP contribution < -0.4 is 5.32 Å². The van der Waals surface area contributed by atoms with Crippen molar-refractivity contribution in [3.05, 3.63) is 64.8 Å². The molecule has 116 valence electrons. The van der Waals surface area contributed by atoms with Gasteiger partial charge in [0.25, 0.3) is 11.7 Å². The van der Waals surface area contributed by atoms with Crippen molar-refractivity contribution in [3.63, 3.8) is 0 Å². The first-order valence-corrected chi connectivity index (χ1v) is 7.52. The lowest BCUT2D eigenvalue weighted by Crippen LogP contribution is -2.23. The Balaban J connectivity index is 1.95. The Morgan fingerprint density at radius 2 is 1.70 bits per heavy atom. The highest BCUT2D eigenvalue weighted by Crippen LogP contribution is 2.25. The van der Waals surface area contributed by atoms with Crippen LogP contribution in [0, 0.1) is 6.92 Å². The predicted octanol–water partition coefficient (Wildman–Crippen LogP) is 3.96. The first-order chi connectivity index (χ1) is 11.0. The Hall–Kier alpha value is -2.59. The summed E-state index contributed by atoms with van der Waals surface area (Å²) in [4.78, 5) is 24.9. The molecule has 3 rings (SSSR count). The van der Waals surface area contributed by atoms with Crippen LogP contribution in [-0.4, -0.2) is 16.3 Å². The molecule has 3 aromatic rings. The van der Waals surface area contributed by atoms with E-state index in [1.54, 1.807) is 24.3 Å². The van der Waals surface area contributed by atoms with E-state index in [9.17, 15) is 9.59 Å². The molecule has 0 saturated carbocycles. The van der Waals surface area contributed by atoms with Crippen molar-refractivity contribution in [1.29, 1.82) is 0 Å². The van der Waals surface area contributed by atoms with Gasteiger partial charge in [0.05, 0.1) is 5.56 Å². The third-order valence-corrected chi connectivity index (χ3v) is 4.19. The summed E-state index contributed by atoms with van der Waals surface area (Å²) in [5.74, 6) is -1.21. The van der Waals surface area contributed by atoms with Crippen molar-refractivity contribution in [3.8, 4) is 0 Å². The molecule has 0 radical (unpaired) electrons. The zero-order valence-corrected chi connectivity index (χ0v) is 13.5. The lowest BCUT2D eigenvalue weighted by molar-refractivity contribution is -0.112. The Kier molecular flexibility index (Phi) is 3.92. The van der Waals surface area contributed by atoms with Crippen LogP contribution in [0.4, 0.5) is 5.69 Å². The van der Waals surface area contributed by atoms with E-state index in [1.165, 1.54) is 0 Å². The van der Waals surface area contributed by atoms with Crippen molar-refractivity contribution in [1.82, 2.24) is 4.57 Å². The minimum atomic E-state index is -0.660. The van der Waals surface area contributed by atoms with Gasteiger partial charge in [-0.15, -0.1) is 0 Å². The van der Waals surface area contributed by atoms with Gasteiger partial charge in [-0.2, -0.15) is 0 Å². The summed E-state index contributed by atoms with van der Waals surface area (Å²) < 4.78 is 1.91. The summed E-state index contributed by atoms with van der Waals surface area (Å²) in [5, 5.41) is 3.96. The maximum atomic E-state index is 12.6. The second-order valence-corrected chi connectivity index (χ2v) is 5.76. The topological polar surface area (TPSA) is 51.1 Å². The number of para-hydroxylation sites is 1. The monoisotopic (exact) mass is 326 g/mol. The van der Waals surface area contributed by atoms with Crippen molar-refractivity contribution < 1.29 is 9.59 Å². The minimum Gasteiger partial charge on any atom is -0.347 e. The number of nitrogens with zero attached hydrogens (tertiary/aromatic N) is 1. The van der Waals surface area contributed by atoms with Gasteiger partial charge in [0.15, 0.2) is 0 Å². The number of hydrogen-bond donors (Lipinski definition) is 1. The summed E-state index contributed by atoms with van der Waals surface area (Å²) in [6.45, 7) is 1.84. The first kappa shape index (κ1) is 15.3. The summed E-state index contributed by atoms with van der Waals surface area (Å²) in [6, 6.07) is 14.2. The molecule has 0 unspecified atom stereocenters. The van der Waals surface area contributed by atoms with E-state index in [4.69, 9.17) is 11.6 Å². The summed E-state index contributed by atoms with van der Waals surface area (Å²) in [5.41, 5.74) is 2.66. The highest BCUT2D eigenvalue weighted by Gasteiger charge is 2.24. The molecule has 4 nitrogen and oxygen atoms in total. The highest BCUT2D eigenvalue weighted by atomic mass is 35.5. The van der Waals surface area contributed by atoms with Gasteiger partial charge in [0.1, 0.15) is 0 Å². The van der Waals surface area contributed by atoms with Crippen LogP contribution in [0.5, 0.6) is 0 Å². The van der Waals surface area contributed by atoms with E-state index in [0.717, 1.165) is 16.6 Å². The Labute approximate surface area is 138 Å². The van der Waals surface area contributed by atoms with E-state index in [-0.39, 0.29) is 0 Å². The molecule has 0 atom stereocenters. The number of hydrogen-bond acceptors (Lipinski definition) is 2. The molecule has 0 bridgehead atoms. The normalized spacial score (nSPS) is 10.7. The number of benzene rings is 2. The minimum absolute atomic E-state index is 0.439. The van der Waals surface area contributed by atoms with Crippen LogP contribution >= 0.6 is 11.6 Å². The smallest absolute Gasteiger partial charge is 0.296 e.